The minimum atomic E-state index is -5.60. The molecule has 3 rings (SSSR count). The van der Waals surface area contributed by atoms with Gasteiger partial charge in [0.05, 0.1) is 67.2 Å². The van der Waals surface area contributed by atoms with Gasteiger partial charge < -0.3 is 40.3 Å². The number of sulfone groups is 2. The fourth-order valence-electron chi connectivity index (χ4n) is 4.12. The first-order chi connectivity index (χ1) is 25.7. The second-order valence-corrected chi connectivity index (χ2v) is 18.7. The molecule has 0 aliphatic rings. The Hall–Kier alpha value is 0.710. The normalized spacial score (nSPS) is 12.1. The van der Waals surface area contributed by atoms with Crippen molar-refractivity contribution in [3.8, 4) is 0 Å². The van der Waals surface area contributed by atoms with E-state index in [0.717, 1.165) is 6.07 Å². The van der Waals surface area contributed by atoms with Gasteiger partial charge in [-0.25, -0.2) is 42.1 Å². The van der Waals surface area contributed by atoms with Gasteiger partial charge in [-0.3, -0.25) is 13.4 Å². The SMILES string of the molecule is Cc1c(N)c(N=Nc2ccc(S(=O)(=O)CCOSOO[O-])cc2S(=O)(=O)[O-])c(C(=O)[O-])c(N=Nc2ccc(S(=O)(=O)CCOS(=O)(=O)[O-])cc2S(=O)(=O)[O-])c1N.[Na+].[Na+].[Na+].[Na+].[Na+]. The van der Waals surface area contributed by atoms with Crippen molar-refractivity contribution < 1.29 is 236 Å². The Morgan fingerprint density at radius 1 is 0.672 bits per heavy atom. The average molecular weight is 1020 g/mol. The van der Waals surface area contributed by atoms with Crippen LogP contribution in [-0.4, -0.2) is 86.4 Å². The van der Waals surface area contributed by atoms with Crippen LogP contribution in [0.25, 0.3) is 0 Å². The van der Waals surface area contributed by atoms with Crippen molar-refractivity contribution in [3.05, 3.63) is 47.5 Å². The van der Waals surface area contributed by atoms with Crippen molar-refractivity contribution in [2.24, 2.45) is 20.5 Å². The number of azo groups is 2. The maximum absolute atomic E-state index is 12.7. The molecule has 3 aromatic rings. The summed E-state index contributed by atoms with van der Waals surface area (Å²) in [5.74, 6) is -4.15. The van der Waals surface area contributed by atoms with Crippen molar-refractivity contribution in [3.63, 3.8) is 0 Å². The van der Waals surface area contributed by atoms with Crippen molar-refractivity contribution >= 4 is 103 Å². The number of benzene rings is 3. The van der Waals surface area contributed by atoms with Gasteiger partial charge in [-0.15, -0.1) is 24.8 Å². The number of hydrogen-bond acceptors (Lipinski definition) is 27. The Kier molecular flexibility index (Phi) is 29.8. The number of carboxylic acids is 1. The molecule has 0 atom stereocenters. The first-order valence-electron chi connectivity index (χ1n) is 14.0. The number of carboxylic acid groups (broad SMARTS) is 1. The molecular weight excluding hydrogens is 1000 g/mol. The zero-order valence-corrected chi connectivity index (χ0v) is 47.2. The molecule has 0 radical (unpaired) electrons. The van der Waals surface area contributed by atoms with Gasteiger partial charge >= 0.3 is 148 Å². The zero-order valence-electron chi connectivity index (χ0n) is 32.4. The minimum Gasteiger partial charge on any atom is -0.744 e. The fourth-order valence-corrected chi connectivity index (χ4v) is 8.48. The van der Waals surface area contributed by atoms with Crippen LogP contribution in [0.1, 0.15) is 15.9 Å². The Morgan fingerprint density at radius 3 is 1.41 bits per heavy atom. The first-order valence-corrected chi connectivity index (χ1v) is 22.1. The van der Waals surface area contributed by atoms with Gasteiger partial charge in [0.15, 0.2) is 32.0 Å². The average Bonchev–Trinajstić information content (AvgIpc) is 3.07. The van der Waals surface area contributed by atoms with Crippen LogP contribution in [-0.2, 0) is 68.0 Å². The fraction of sp³-hybridized carbons (Fsp3) is 0.208. The van der Waals surface area contributed by atoms with Gasteiger partial charge in [-0.1, -0.05) is 0 Å². The van der Waals surface area contributed by atoms with Crippen LogP contribution >= 0.6 is 12.3 Å². The molecular formula is C24H21N6Na5O20S6. The summed E-state index contributed by atoms with van der Waals surface area (Å²) in [6, 6.07) is 3.54. The van der Waals surface area contributed by atoms with Crippen molar-refractivity contribution in [2.45, 2.75) is 26.5 Å². The second kappa shape index (κ2) is 27.5. The van der Waals surface area contributed by atoms with Crippen LogP contribution in [0.5, 0.6) is 0 Å². The largest absolute Gasteiger partial charge is 1.00 e. The van der Waals surface area contributed by atoms with Crippen molar-refractivity contribution in [1.82, 2.24) is 0 Å². The standard InChI is InChI=1S/C24H26N6O20S6.5Na/c1-12-20(25)22(29-27-15-4-2-13(10-17(15)54(38,39)40)52(34,35)8-6-47-51-50-49-33)19(24(31)32)23(21(12)26)30-28-16-5-3-14(11-18(16)55(41,42)43)53(36,37)9-7-48-56(44,45)46;;;;;/h2-5,10-11,33H,6-9,25-26H2,1H3,(H,31,32)(H,38,39,40)(H,41,42,43)(H,44,45,46);;;;;/q;5*+1/p-5. The van der Waals surface area contributed by atoms with Crippen LogP contribution in [0.15, 0.2) is 76.4 Å². The molecule has 0 aromatic heterocycles. The smallest absolute Gasteiger partial charge is 0.744 e. The molecule has 3 aromatic carbocycles. The van der Waals surface area contributed by atoms with Gasteiger partial charge in [0.25, 0.3) is 0 Å². The summed E-state index contributed by atoms with van der Waals surface area (Å²) in [6.45, 7) is -0.603. The molecule has 0 aliphatic carbocycles. The van der Waals surface area contributed by atoms with Crippen LogP contribution in [0.4, 0.5) is 34.1 Å². The number of hydrogen-bond donors (Lipinski definition) is 2. The molecule has 0 heterocycles. The Morgan fingerprint density at radius 2 is 1.07 bits per heavy atom. The third kappa shape index (κ3) is 19.1. The first kappa shape index (κ1) is 66.0. The van der Waals surface area contributed by atoms with Gasteiger partial charge in [0.1, 0.15) is 43.0 Å². The summed E-state index contributed by atoms with van der Waals surface area (Å²) >= 11 is -0.0137. The summed E-state index contributed by atoms with van der Waals surface area (Å²) in [4.78, 5) is 8.17. The molecule has 0 saturated carbocycles. The van der Waals surface area contributed by atoms with Gasteiger partial charge in [0.2, 0.25) is 10.4 Å². The van der Waals surface area contributed by atoms with E-state index in [-0.39, 0.29) is 166 Å². The van der Waals surface area contributed by atoms with E-state index in [9.17, 15) is 70.9 Å². The number of nitrogens with two attached hydrogens (primary N) is 2. The van der Waals surface area contributed by atoms with E-state index in [1.54, 1.807) is 0 Å². The molecule has 0 amide bonds. The van der Waals surface area contributed by atoms with Gasteiger partial charge in [-0.2, -0.15) is 0 Å². The molecule has 0 saturated heterocycles. The zero-order chi connectivity index (χ0) is 42.4. The quantitative estimate of drug-likeness (QED) is 0.0130. The van der Waals surface area contributed by atoms with Gasteiger partial charge in [-0.05, 0) is 48.9 Å². The van der Waals surface area contributed by atoms with E-state index >= 15 is 0 Å². The number of aromatic carboxylic acids is 1. The molecule has 4 N–H and O–H groups in total. The predicted octanol–water partition coefficient (Wildman–Crippen LogP) is -16.0. The maximum atomic E-state index is 12.7. The third-order valence-corrected chi connectivity index (χ3v) is 12.7. The Labute approximate surface area is 462 Å². The van der Waals surface area contributed by atoms with E-state index in [4.69, 9.17) is 11.5 Å². The molecule has 26 nitrogen and oxygen atoms in total. The molecule has 0 fully saturated rings. The van der Waals surface area contributed by atoms with Crippen molar-refractivity contribution in [1.29, 1.82) is 0 Å². The van der Waals surface area contributed by atoms with E-state index in [2.05, 4.69) is 38.2 Å². The predicted molar refractivity (Wildman–Crippen MR) is 177 cm³/mol. The molecule has 308 valence electrons. The number of rotatable bonds is 19. The molecule has 61 heavy (non-hydrogen) atoms. The molecule has 0 unspecified atom stereocenters. The maximum Gasteiger partial charge on any atom is 1.00 e. The number of carbonyl (C=O) groups is 1. The number of nitrogen functional groups attached to an aromatic ring is 2. The Balaban J connectivity index is -0.00000673. The number of nitrogens with zero attached hydrogens (tertiary/aromatic N) is 4. The molecule has 0 aliphatic heterocycles. The monoisotopic (exact) mass is 1020 g/mol. The summed E-state index contributed by atoms with van der Waals surface area (Å²) in [6.07, 6.45) is 0. The van der Waals surface area contributed by atoms with Crippen LogP contribution in [0.2, 0.25) is 0 Å². The van der Waals surface area contributed by atoms with E-state index < -0.39 is 140 Å². The second-order valence-electron chi connectivity index (χ2n) is 10.3. The van der Waals surface area contributed by atoms with E-state index in [1.807, 2.05) is 0 Å². The summed E-state index contributed by atoms with van der Waals surface area (Å²) in [7, 11) is -25.4. The summed E-state index contributed by atoms with van der Waals surface area (Å²) in [5, 5.41) is 39.4. The van der Waals surface area contributed by atoms with Crippen LogP contribution < -0.4 is 170 Å². The van der Waals surface area contributed by atoms with Crippen LogP contribution in [0.3, 0.4) is 0 Å². The summed E-state index contributed by atoms with van der Waals surface area (Å²) < 4.78 is 167. The number of anilines is 2. The topological polar surface area (TPSA) is 441 Å². The summed E-state index contributed by atoms with van der Waals surface area (Å²) in [5.41, 5.74) is 6.09. The Bertz CT molecular complexity index is 2680. The van der Waals surface area contributed by atoms with Gasteiger partial charge in [0, 0.05) is 0 Å². The minimum absolute atomic E-state index is 0. The number of carbonyl (C=O) groups excluding carboxylic acids is 1. The molecule has 37 heteroatoms. The molecule has 0 bridgehead atoms. The molecule has 0 spiro atoms. The van der Waals surface area contributed by atoms with E-state index in [1.165, 1.54) is 6.92 Å². The third-order valence-electron chi connectivity index (χ3n) is 6.75. The van der Waals surface area contributed by atoms with E-state index in [0.29, 0.717) is 30.3 Å². The van der Waals surface area contributed by atoms with Crippen LogP contribution in [0, 0.1) is 6.92 Å². The van der Waals surface area contributed by atoms with Crippen molar-refractivity contribution in [2.75, 3.05) is 36.2 Å².